The molecule has 1 aromatic heterocycles. The van der Waals surface area contributed by atoms with Gasteiger partial charge in [0.25, 0.3) is 5.91 Å². The van der Waals surface area contributed by atoms with E-state index in [1.165, 1.54) is 19.3 Å². The molecular formula is C18H19F4N3O3. The Kier molecular flexibility index (Phi) is 6.66. The predicted molar refractivity (Wildman–Crippen MR) is 93.3 cm³/mol. The van der Waals surface area contributed by atoms with Crippen molar-refractivity contribution in [2.24, 2.45) is 0 Å². The molecule has 0 aliphatic heterocycles. The van der Waals surface area contributed by atoms with Gasteiger partial charge in [-0.05, 0) is 38.1 Å². The fraction of sp³-hybridized carbons (Fsp3) is 0.333. The lowest BCUT2D eigenvalue weighted by Gasteiger charge is -2.15. The van der Waals surface area contributed by atoms with Gasteiger partial charge in [-0.1, -0.05) is 0 Å². The van der Waals surface area contributed by atoms with Gasteiger partial charge >= 0.3 is 6.18 Å². The Balaban J connectivity index is 2.01. The van der Waals surface area contributed by atoms with Gasteiger partial charge < -0.3 is 20.4 Å². The van der Waals surface area contributed by atoms with Gasteiger partial charge in [0, 0.05) is 16.8 Å². The van der Waals surface area contributed by atoms with Crippen LogP contribution in [0.2, 0.25) is 0 Å². The lowest BCUT2D eigenvalue weighted by Crippen LogP contribution is -2.34. The van der Waals surface area contributed by atoms with Crippen LogP contribution in [0.4, 0.5) is 23.2 Å². The normalized spacial score (nSPS) is 12.4. The van der Waals surface area contributed by atoms with E-state index in [4.69, 9.17) is 4.42 Å². The average Bonchev–Trinajstić information content (AvgIpc) is 3.15. The summed E-state index contributed by atoms with van der Waals surface area (Å²) in [5.74, 6) is -1.73. The zero-order valence-electron chi connectivity index (χ0n) is 15.1. The highest BCUT2D eigenvalue weighted by Gasteiger charge is 2.28. The Bertz CT molecular complexity index is 835. The van der Waals surface area contributed by atoms with E-state index in [0.717, 1.165) is 6.07 Å². The smallest absolute Gasteiger partial charge is 0.405 e. The minimum atomic E-state index is -4.58. The zero-order chi connectivity index (χ0) is 20.9. The highest BCUT2D eigenvalue weighted by Crippen LogP contribution is 2.21. The first-order chi connectivity index (χ1) is 13.1. The van der Waals surface area contributed by atoms with Crippen LogP contribution in [0.1, 0.15) is 34.6 Å². The lowest BCUT2D eigenvalue weighted by atomic mass is 10.1. The number of halogens is 4. The molecule has 1 atom stereocenters. The zero-order valence-corrected chi connectivity index (χ0v) is 15.1. The van der Waals surface area contributed by atoms with E-state index in [9.17, 15) is 27.2 Å². The summed E-state index contributed by atoms with van der Waals surface area (Å²) in [6.45, 7) is 1.36. The summed E-state index contributed by atoms with van der Waals surface area (Å²) in [6.07, 6.45) is -3.11. The van der Waals surface area contributed by atoms with Crippen molar-refractivity contribution in [1.29, 1.82) is 0 Å². The van der Waals surface area contributed by atoms with Crippen molar-refractivity contribution in [3.05, 3.63) is 53.2 Å². The molecule has 0 saturated heterocycles. The van der Waals surface area contributed by atoms with Crippen molar-refractivity contribution in [3.8, 4) is 0 Å². The number of hydrogen-bond donors (Lipinski definition) is 3. The van der Waals surface area contributed by atoms with Crippen molar-refractivity contribution in [1.82, 2.24) is 10.6 Å². The largest absolute Gasteiger partial charge is 0.467 e. The van der Waals surface area contributed by atoms with Crippen LogP contribution in [0.15, 0.2) is 34.9 Å². The van der Waals surface area contributed by atoms with Gasteiger partial charge in [0.2, 0.25) is 5.91 Å². The van der Waals surface area contributed by atoms with Crippen molar-refractivity contribution >= 4 is 17.5 Å². The Labute approximate surface area is 158 Å². The van der Waals surface area contributed by atoms with Crippen molar-refractivity contribution < 1.29 is 31.6 Å². The first-order valence-electron chi connectivity index (χ1n) is 8.28. The molecule has 0 aliphatic rings. The second-order valence-corrected chi connectivity index (χ2v) is 6.09. The number of anilines is 1. The second kappa shape index (κ2) is 8.77. The molecule has 2 aromatic rings. The monoisotopic (exact) mass is 401 g/mol. The predicted octanol–water partition coefficient (Wildman–Crippen LogP) is 3.31. The van der Waals surface area contributed by atoms with E-state index in [2.05, 4.69) is 10.6 Å². The number of nitrogens with one attached hydrogen (secondary N) is 3. The van der Waals surface area contributed by atoms with Gasteiger partial charge in [0.1, 0.15) is 18.1 Å². The third-order valence-corrected chi connectivity index (χ3v) is 3.84. The number of hydrogen-bond acceptors (Lipinski definition) is 4. The van der Waals surface area contributed by atoms with Crippen LogP contribution >= 0.6 is 0 Å². The summed E-state index contributed by atoms with van der Waals surface area (Å²) in [7, 11) is 0. The maximum absolute atomic E-state index is 14.0. The van der Waals surface area contributed by atoms with Gasteiger partial charge in [0.15, 0.2) is 0 Å². The summed E-state index contributed by atoms with van der Waals surface area (Å²) in [5, 5.41) is 7.03. The first kappa shape index (κ1) is 21.3. The molecule has 0 radical (unpaired) electrons. The molecule has 0 bridgehead atoms. The molecule has 0 saturated carbocycles. The van der Waals surface area contributed by atoms with Gasteiger partial charge in [-0.25, -0.2) is 4.39 Å². The number of carbonyl (C=O) groups is 2. The highest BCUT2D eigenvalue weighted by atomic mass is 19.4. The van der Waals surface area contributed by atoms with Crippen LogP contribution in [-0.4, -0.2) is 31.1 Å². The molecule has 3 N–H and O–H groups in total. The fourth-order valence-corrected chi connectivity index (χ4v) is 2.35. The summed E-state index contributed by atoms with van der Waals surface area (Å²) < 4.78 is 55.9. The molecule has 10 heteroatoms. The molecule has 0 fully saturated rings. The summed E-state index contributed by atoms with van der Waals surface area (Å²) >= 11 is 0. The Morgan fingerprint density at radius 3 is 2.57 bits per heavy atom. The standard InChI is InChI=1S/C18H19F4N3O3/c1-10-13(19)6-12(17(27)24-9-18(20,21)22)7-14(10)23-8-16(26)25-11(2)15-4-3-5-28-15/h3-7,11,23H,8-9H2,1-2H3,(H,24,27)(H,25,26). The summed E-state index contributed by atoms with van der Waals surface area (Å²) in [5.41, 5.74) is -0.0450. The minimum absolute atomic E-state index is 0.123. The van der Waals surface area contributed by atoms with Crippen LogP contribution in [0.5, 0.6) is 0 Å². The first-order valence-corrected chi connectivity index (χ1v) is 8.28. The van der Waals surface area contributed by atoms with E-state index in [0.29, 0.717) is 5.76 Å². The molecule has 2 rings (SSSR count). The Hall–Kier alpha value is -3.04. The van der Waals surface area contributed by atoms with Crippen LogP contribution < -0.4 is 16.0 Å². The minimum Gasteiger partial charge on any atom is -0.467 e. The molecule has 152 valence electrons. The quantitative estimate of drug-likeness (QED) is 0.622. The molecule has 0 spiro atoms. The molecular weight excluding hydrogens is 382 g/mol. The highest BCUT2D eigenvalue weighted by molar-refractivity contribution is 5.95. The molecule has 1 heterocycles. The maximum Gasteiger partial charge on any atom is 0.405 e. The number of alkyl halides is 3. The third kappa shape index (κ3) is 6.00. The average molecular weight is 401 g/mol. The SMILES string of the molecule is Cc1c(F)cc(C(=O)NCC(F)(F)F)cc1NCC(=O)NC(C)c1ccco1. The van der Waals surface area contributed by atoms with Crippen molar-refractivity contribution in [2.75, 3.05) is 18.4 Å². The van der Waals surface area contributed by atoms with Crippen LogP contribution in [0.25, 0.3) is 0 Å². The maximum atomic E-state index is 14.0. The number of benzene rings is 1. The van der Waals surface area contributed by atoms with Gasteiger partial charge in [-0.3, -0.25) is 9.59 Å². The van der Waals surface area contributed by atoms with E-state index >= 15 is 0 Å². The summed E-state index contributed by atoms with van der Waals surface area (Å²) in [6, 6.07) is 5.01. The molecule has 0 aliphatic carbocycles. The number of carbonyl (C=O) groups excluding carboxylic acids is 2. The van der Waals surface area contributed by atoms with Crippen LogP contribution in [-0.2, 0) is 4.79 Å². The molecule has 1 unspecified atom stereocenters. The van der Waals surface area contributed by atoms with E-state index < -0.39 is 30.4 Å². The van der Waals surface area contributed by atoms with Crippen LogP contribution in [0, 0.1) is 12.7 Å². The van der Waals surface area contributed by atoms with E-state index in [-0.39, 0.29) is 29.4 Å². The van der Waals surface area contributed by atoms with Gasteiger partial charge in [0.05, 0.1) is 18.8 Å². The number of rotatable bonds is 7. The van der Waals surface area contributed by atoms with E-state index in [1.54, 1.807) is 24.4 Å². The fourth-order valence-electron chi connectivity index (χ4n) is 2.35. The second-order valence-electron chi connectivity index (χ2n) is 6.09. The van der Waals surface area contributed by atoms with E-state index in [1.807, 2.05) is 0 Å². The molecule has 6 nitrogen and oxygen atoms in total. The lowest BCUT2D eigenvalue weighted by molar-refractivity contribution is -0.123. The molecule has 28 heavy (non-hydrogen) atoms. The van der Waals surface area contributed by atoms with Crippen LogP contribution in [0.3, 0.4) is 0 Å². The van der Waals surface area contributed by atoms with Gasteiger partial charge in [-0.2, -0.15) is 13.2 Å². The van der Waals surface area contributed by atoms with Crippen molar-refractivity contribution in [2.45, 2.75) is 26.1 Å². The molecule has 1 aromatic carbocycles. The number of amides is 2. The summed E-state index contributed by atoms with van der Waals surface area (Å²) in [4.78, 5) is 23.9. The molecule has 2 amide bonds. The van der Waals surface area contributed by atoms with Crippen molar-refractivity contribution in [3.63, 3.8) is 0 Å². The Morgan fingerprint density at radius 1 is 1.25 bits per heavy atom. The number of furan rings is 1. The van der Waals surface area contributed by atoms with Gasteiger partial charge in [-0.15, -0.1) is 0 Å². The Morgan fingerprint density at radius 2 is 1.96 bits per heavy atom. The topological polar surface area (TPSA) is 83.4 Å². The third-order valence-electron chi connectivity index (χ3n) is 3.84.